The van der Waals surface area contributed by atoms with Crippen LogP contribution in [-0.2, 0) is 9.59 Å². The van der Waals surface area contributed by atoms with Crippen LogP contribution in [0.2, 0.25) is 0 Å². The Morgan fingerprint density at radius 1 is 1.03 bits per heavy atom. The molecule has 0 unspecified atom stereocenters. The third-order valence-corrected chi connectivity index (χ3v) is 4.44. The summed E-state index contributed by atoms with van der Waals surface area (Å²) in [7, 11) is 0. The largest absolute Gasteiger partial charge is 0.455 e. The molecule has 2 aromatic carbocycles. The van der Waals surface area contributed by atoms with E-state index in [2.05, 4.69) is 15.8 Å². The Morgan fingerprint density at radius 3 is 2.42 bits per heavy atom. The second-order valence-electron chi connectivity index (χ2n) is 6.94. The average Bonchev–Trinajstić information content (AvgIpc) is 3.15. The molecular weight excluding hydrogens is 400 g/mol. The Bertz CT molecular complexity index is 1180. The van der Waals surface area contributed by atoms with E-state index in [-0.39, 0.29) is 5.69 Å². The molecule has 0 radical (unpaired) electrons. The predicted molar refractivity (Wildman–Crippen MR) is 116 cm³/mol. The molecule has 158 valence electrons. The van der Waals surface area contributed by atoms with Gasteiger partial charge in [0, 0.05) is 22.9 Å². The number of nitro benzene ring substituents is 1. The van der Waals surface area contributed by atoms with Gasteiger partial charge in [0.1, 0.15) is 11.5 Å². The maximum absolute atomic E-state index is 12.0. The molecule has 0 bridgehead atoms. The Morgan fingerprint density at radius 2 is 1.74 bits per heavy atom. The van der Waals surface area contributed by atoms with Crippen molar-refractivity contribution in [1.82, 2.24) is 5.43 Å². The summed E-state index contributed by atoms with van der Waals surface area (Å²) in [6.07, 6.45) is 1.23. The van der Waals surface area contributed by atoms with E-state index in [4.69, 9.17) is 4.42 Å². The minimum atomic E-state index is -0.934. The summed E-state index contributed by atoms with van der Waals surface area (Å²) in [6, 6.07) is 13.4. The number of anilines is 1. The second kappa shape index (κ2) is 9.04. The SMILES string of the molecule is Cc1cc(C)cc(NC(=O)C(=O)NN=Cc2ccc(-c3cccc([N+](=O)[O-])c3C)o2)c1. The first-order valence-corrected chi connectivity index (χ1v) is 9.31. The van der Waals surface area contributed by atoms with Crippen molar-refractivity contribution in [2.24, 2.45) is 5.10 Å². The van der Waals surface area contributed by atoms with E-state index in [0.717, 1.165) is 11.1 Å². The molecule has 2 N–H and O–H groups in total. The lowest BCUT2D eigenvalue weighted by molar-refractivity contribution is -0.385. The molecule has 0 aliphatic rings. The van der Waals surface area contributed by atoms with E-state index >= 15 is 0 Å². The fourth-order valence-electron chi connectivity index (χ4n) is 3.10. The molecule has 3 aromatic rings. The van der Waals surface area contributed by atoms with Crippen molar-refractivity contribution < 1.29 is 18.9 Å². The second-order valence-corrected chi connectivity index (χ2v) is 6.94. The van der Waals surface area contributed by atoms with Gasteiger partial charge in [0.25, 0.3) is 5.69 Å². The number of hydrogen-bond donors (Lipinski definition) is 2. The fraction of sp³-hybridized carbons (Fsp3) is 0.136. The molecule has 0 spiro atoms. The number of amides is 2. The number of carbonyl (C=O) groups excluding carboxylic acids is 2. The van der Waals surface area contributed by atoms with Crippen molar-refractivity contribution in [1.29, 1.82) is 0 Å². The number of aryl methyl sites for hydroxylation is 2. The molecular formula is C22H20N4O5. The lowest BCUT2D eigenvalue weighted by Crippen LogP contribution is -2.32. The van der Waals surface area contributed by atoms with Crippen LogP contribution in [0.4, 0.5) is 11.4 Å². The third-order valence-electron chi connectivity index (χ3n) is 4.44. The molecule has 1 aromatic heterocycles. The smallest absolute Gasteiger partial charge is 0.329 e. The minimum Gasteiger partial charge on any atom is -0.455 e. The number of hydrogen-bond acceptors (Lipinski definition) is 6. The van der Waals surface area contributed by atoms with E-state index in [9.17, 15) is 19.7 Å². The van der Waals surface area contributed by atoms with Crippen molar-refractivity contribution >= 4 is 29.4 Å². The molecule has 0 saturated carbocycles. The summed E-state index contributed by atoms with van der Waals surface area (Å²) in [5.41, 5.74) is 5.61. The summed E-state index contributed by atoms with van der Waals surface area (Å²) < 4.78 is 5.63. The monoisotopic (exact) mass is 420 g/mol. The molecule has 9 nitrogen and oxygen atoms in total. The van der Waals surface area contributed by atoms with Gasteiger partial charge in [-0.15, -0.1) is 0 Å². The van der Waals surface area contributed by atoms with Gasteiger partial charge in [-0.3, -0.25) is 19.7 Å². The molecule has 9 heteroatoms. The predicted octanol–water partition coefficient (Wildman–Crippen LogP) is 3.87. The van der Waals surface area contributed by atoms with Gasteiger partial charge in [0.2, 0.25) is 0 Å². The van der Waals surface area contributed by atoms with E-state index < -0.39 is 16.7 Å². The van der Waals surface area contributed by atoms with Gasteiger partial charge in [-0.2, -0.15) is 5.10 Å². The van der Waals surface area contributed by atoms with Crippen LogP contribution in [0.25, 0.3) is 11.3 Å². The van der Waals surface area contributed by atoms with Crippen LogP contribution in [0.5, 0.6) is 0 Å². The van der Waals surface area contributed by atoms with E-state index in [1.807, 2.05) is 19.9 Å². The van der Waals surface area contributed by atoms with Gasteiger partial charge in [-0.05, 0) is 56.2 Å². The number of carbonyl (C=O) groups is 2. The van der Waals surface area contributed by atoms with Crippen LogP contribution < -0.4 is 10.7 Å². The minimum absolute atomic E-state index is 0.00815. The van der Waals surface area contributed by atoms with Gasteiger partial charge in [-0.25, -0.2) is 5.43 Å². The normalized spacial score (nSPS) is 10.8. The first kappa shape index (κ1) is 21.4. The van der Waals surface area contributed by atoms with Crippen molar-refractivity contribution in [2.45, 2.75) is 20.8 Å². The Hall–Kier alpha value is -4.27. The lowest BCUT2D eigenvalue weighted by atomic mass is 10.1. The summed E-state index contributed by atoms with van der Waals surface area (Å²) in [5.74, 6) is -1.07. The van der Waals surface area contributed by atoms with Crippen molar-refractivity contribution in [3.8, 4) is 11.3 Å². The highest BCUT2D eigenvalue weighted by atomic mass is 16.6. The molecule has 0 aliphatic carbocycles. The maximum atomic E-state index is 12.0. The molecule has 0 aliphatic heterocycles. The van der Waals surface area contributed by atoms with Crippen LogP contribution in [0.3, 0.4) is 0 Å². The lowest BCUT2D eigenvalue weighted by Gasteiger charge is -2.06. The number of hydrazone groups is 1. The molecule has 31 heavy (non-hydrogen) atoms. The zero-order chi connectivity index (χ0) is 22.5. The van der Waals surface area contributed by atoms with E-state index in [0.29, 0.717) is 28.3 Å². The molecule has 0 fully saturated rings. The standard InChI is InChI=1S/C22H20N4O5/c1-13-9-14(2)11-16(10-13)24-21(27)22(28)25-23-12-17-7-8-20(31-17)18-5-4-6-19(15(18)3)26(29)30/h4-12H,1-3H3,(H,24,27)(H,25,28). The topological polar surface area (TPSA) is 127 Å². The van der Waals surface area contributed by atoms with E-state index in [1.165, 1.54) is 12.3 Å². The van der Waals surface area contributed by atoms with Crippen LogP contribution in [0.1, 0.15) is 22.5 Å². The number of benzene rings is 2. The van der Waals surface area contributed by atoms with Crippen molar-refractivity contribution in [2.75, 3.05) is 5.32 Å². The molecule has 1 heterocycles. The zero-order valence-electron chi connectivity index (χ0n) is 17.1. The van der Waals surface area contributed by atoms with Gasteiger partial charge in [-0.1, -0.05) is 18.2 Å². The third kappa shape index (κ3) is 5.21. The number of furan rings is 1. The first-order chi connectivity index (χ1) is 14.7. The highest BCUT2D eigenvalue weighted by Gasteiger charge is 2.16. The quantitative estimate of drug-likeness (QED) is 0.280. The Balaban J connectivity index is 1.64. The van der Waals surface area contributed by atoms with Crippen LogP contribution in [0, 0.1) is 30.9 Å². The summed E-state index contributed by atoms with van der Waals surface area (Å²) in [6.45, 7) is 5.41. The zero-order valence-corrected chi connectivity index (χ0v) is 17.1. The van der Waals surface area contributed by atoms with Gasteiger partial charge in [0.05, 0.1) is 11.1 Å². The summed E-state index contributed by atoms with van der Waals surface area (Å²) in [4.78, 5) is 34.6. The van der Waals surface area contributed by atoms with Gasteiger partial charge < -0.3 is 9.73 Å². The fourth-order valence-corrected chi connectivity index (χ4v) is 3.10. The molecule has 0 saturated heterocycles. The molecule has 3 rings (SSSR count). The Labute approximate surface area is 177 Å². The van der Waals surface area contributed by atoms with Crippen LogP contribution in [-0.4, -0.2) is 23.0 Å². The Kier molecular flexibility index (Phi) is 6.25. The summed E-state index contributed by atoms with van der Waals surface area (Å²) >= 11 is 0. The number of nitrogens with one attached hydrogen (secondary N) is 2. The number of rotatable bonds is 5. The number of nitrogens with zero attached hydrogens (tertiary/aromatic N) is 2. The van der Waals surface area contributed by atoms with Crippen LogP contribution in [0.15, 0.2) is 58.0 Å². The van der Waals surface area contributed by atoms with Gasteiger partial charge in [0.15, 0.2) is 0 Å². The van der Waals surface area contributed by atoms with Crippen LogP contribution >= 0.6 is 0 Å². The first-order valence-electron chi connectivity index (χ1n) is 9.31. The van der Waals surface area contributed by atoms with Crippen molar-refractivity contribution in [3.63, 3.8) is 0 Å². The van der Waals surface area contributed by atoms with Gasteiger partial charge >= 0.3 is 11.8 Å². The highest BCUT2D eigenvalue weighted by Crippen LogP contribution is 2.30. The average molecular weight is 420 g/mol. The molecule has 0 atom stereocenters. The molecule has 2 amide bonds. The summed E-state index contributed by atoms with van der Waals surface area (Å²) in [5, 5.41) is 17.3. The van der Waals surface area contributed by atoms with E-state index in [1.54, 1.807) is 43.3 Å². The highest BCUT2D eigenvalue weighted by molar-refractivity contribution is 6.39. The van der Waals surface area contributed by atoms with Crippen molar-refractivity contribution in [3.05, 3.63) is 81.1 Å². The maximum Gasteiger partial charge on any atom is 0.329 e. The number of nitro groups is 1.